The Kier molecular flexibility index (Phi) is 6.67. The first-order chi connectivity index (χ1) is 15.4. The molecule has 0 aliphatic carbocycles. The number of nitrogens with one attached hydrogen (secondary N) is 1. The SMILES string of the molecule is COc1ccccc1NC1=C(Sc2ccc(Cl)cc2)C(=O)N(c2cc(Cl)cc(Cl)c2)C1=O. The van der Waals surface area contributed by atoms with Gasteiger partial charge in [-0.2, -0.15) is 0 Å². The van der Waals surface area contributed by atoms with Crippen molar-refractivity contribution in [3.63, 3.8) is 0 Å². The highest BCUT2D eigenvalue weighted by atomic mass is 35.5. The number of ether oxygens (including phenoxy) is 1. The first kappa shape index (κ1) is 22.6. The Morgan fingerprint density at radius 1 is 0.844 bits per heavy atom. The third-order valence-corrected chi connectivity index (χ3v) is 6.33. The van der Waals surface area contributed by atoms with Crippen LogP contribution in [-0.4, -0.2) is 18.9 Å². The van der Waals surface area contributed by atoms with Crippen LogP contribution < -0.4 is 15.0 Å². The standard InChI is InChI=1S/C23H15Cl3N2O3S/c1-31-19-5-3-2-4-18(19)27-20-21(32-17-8-6-13(24)7-9-17)23(30)28(22(20)29)16-11-14(25)10-15(26)12-16/h2-12,27H,1H3. The van der Waals surface area contributed by atoms with E-state index in [1.54, 1.807) is 42.5 Å². The Morgan fingerprint density at radius 3 is 2.16 bits per heavy atom. The summed E-state index contributed by atoms with van der Waals surface area (Å²) in [5, 5.41) is 4.27. The molecular formula is C23H15Cl3N2O3S. The van der Waals surface area contributed by atoms with Crippen LogP contribution in [0.4, 0.5) is 11.4 Å². The van der Waals surface area contributed by atoms with Gasteiger partial charge in [0, 0.05) is 20.0 Å². The first-order valence-corrected chi connectivity index (χ1v) is 11.2. The second-order valence-corrected chi connectivity index (χ2v) is 9.05. The quantitative estimate of drug-likeness (QED) is 0.380. The van der Waals surface area contributed by atoms with Crippen LogP contribution in [0.5, 0.6) is 5.75 Å². The van der Waals surface area contributed by atoms with Crippen LogP contribution in [0.2, 0.25) is 15.1 Å². The van der Waals surface area contributed by atoms with Crippen molar-refractivity contribution in [2.75, 3.05) is 17.3 Å². The van der Waals surface area contributed by atoms with Crippen molar-refractivity contribution in [2.45, 2.75) is 4.90 Å². The van der Waals surface area contributed by atoms with Crippen LogP contribution in [0.15, 0.2) is 82.2 Å². The fraction of sp³-hybridized carbons (Fsp3) is 0.0435. The molecule has 1 heterocycles. The lowest BCUT2D eigenvalue weighted by molar-refractivity contribution is -0.120. The molecule has 0 saturated heterocycles. The zero-order valence-corrected chi connectivity index (χ0v) is 19.6. The smallest absolute Gasteiger partial charge is 0.283 e. The van der Waals surface area contributed by atoms with Crippen molar-refractivity contribution >= 4 is 69.8 Å². The summed E-state index contributed by atoms with van der Waals surface area (Å²) in [6, 6.07) is 18.7. The van der Waals surface area contributed by atoms with E-state index in [2.05, 4.69) is 5.32 Å². The molecule has 1 aliphatic heterocycles. The Labute approximate surface area is 203 Å². The van der Waals surface area contributed by atoms with Gasteiger partial charge >= 0.3 is 0 Å². The van der Waals surface area contributed by atoms with Gasteiger partial charge in [-0.3, -0.25) is 9.59 Å². The number of carbonyl (C=O) groups is 2. The van der Waals surface area contributed by atoms with Gasteiger partial charge in [0.15, 0.2) is 0 Å². The van der Waals surface area contributed by atoms with Gasteiger partial charge in [-0.15, -0.1) is 0 Å². The predicted molar refractivity (Wildman–Crippen MR) is 130 cm³/mol. The topological polar surface area (TPSA) is 58.6 Å². The third-order valence-electron chi connectivity index (χ3n) is 4.55. The summed E-state index contributed by atoms with van der Waals surface area (Å²) < 4.78 is 5.38. The molecule has 0 bridgehead atoms. The van der Waals surface area contributed by atoms with Crippen LogP contribution in [0, 0.1) is 0 Å². The number of amides is 2. The summed E-state index contributed by atoms with van der Waals surface area (Å²) >= 11 is 19.4. The zero-order valence-electron chi connectivity index (χ0n) is 16.6. The van der Waals surface area contributed by atoms with E-state index < -0.39 is 11.8 Å². The number of nitrogens with zero attached hydrogens (tertiary/aromatic N) is 1. The van der Waals surface area contributed by atoms with Gasteiger partial charge in [-0.1, -0.05) is 58.7 Å². The summed E-state index contributed by atoms with van der Waals surface area (Å²) in [4.78, 5) is 28.8. The molecule has 5 nitrogen and oxygen atoms in total. The molecule has 0 radical (unpaired) electrons. The summed E-state index contributed by atoms with van der Waals surface area (Å²) in [7, 11) is 1.53. The lowest BCUT2D eigenvalue weighted by Gasteiger charge is -2.16. The number of imide groups is 1. The number of hydrogen-bond donors (Lipinski definition) is 1. The van der Waals surface area contributed by atoms with Gasteiger partial charge in [-0.25, -0.2) is 4.90 Å². The Bertz CT molecular complexity index is 1230. The van der Waals surface area contributed by atoms with Gasteiger partial charge in [-0.05, 0) is 54.6 Å². The number of hydrogen-bond acceptors (Lipinski definition) is 5. The normalized spacial score (nSPS) is 13.7. The van der Waals surface area contributed by atoms with Crippen LogP contribution >= 0.6 is 46.6 Å². The van der Waals surface area contributed by atoms with Gasteiger partial charge in [0.25, 0.3) is 11.8 Å². The Balaban J connectivity index is 1.78. The number of thioether (sulfide) groups is 1. The van der Waals surface area contributed by atoms with E-state index in [0.29, 0.717) is 26.5 Å². The second-order valence-electron chi connectivity index (χ2n) is 6.66. The number of rotatable bonds is 6. The molecule has 2 amide bonds. The van der Waals surface area contributed by atoms with E-state index in [1.807, 2.05) is 6.07 Å². The monoisotopic (exact) mass is 504 g/mol. The van der Waals surface area contributed by atoms with Crippen molar-refractivity contribution in [3.8, 4) is 5.75 Å². The van der Waals surface area contributed by atoms with E-state index in [0.717, 1.165) is 21.6 Å². The molecule has 32 heavy (non-hydrogen) atoms. The van der Waals surface area contributed by atoms with Gasteiger partial charge in [0.05, 0.1) is 18.5 Å². The minimum absolute atomic E-state index is 0.121. The molecule has 1 N–H and O–H groups in total. The molecule has 0 fully saturated rings. The molecule has 1 aliphatic rings. The number of methoxy groups -OCH3 is 1. The average Bonchev–Trinajstić information content (AvgIpc) is 2.99. The largest absolute Gasteiger partial charge is 0.495 e. The van der Waals surface area contributed by atoms with Crippen molar-refractivity contribution in [1.82, 2.24) is 0 Å². The lowest BCUT2D eigenvalue weighted by atomic mass is 10.2. The average molecular weight is 506 g/mol. The minimum Gasteiger partial charge on any atom is -0.495 e. The number of carbonyl (C=O) groups excluding carboxylic acids is 2. The van der Waals surface area contributed by atoms with E-state index in [-0.39, 0.29) is 16.3 Å². The highest BCUT2D eigenvalue weighted by molar-refractivity contribution is 8.04. The molecule has 162 valence electrons. The maximum absolute atomic E-state index is 13.4. The molecule has 0 spiro atoms. The van der Waals surface area contributed by atoms with E-state index in [4.69, 9.17) is 39.5 Å². The molecule has 0 aromatic heterocycles. The maximum atomic E-state index is 13.4. The van der Waals surface area contributed by atoms with Gasteiger partial charge in [0.2, 0.25) is 0 Å². The Hall–Kier alpha value is -2.64. The molecule has 0 atom stereocenters. The highest BCUT2D eigenvalue weighted by Crippen LogP contribution is 2.40. The second kappa shape index (κ2) is 9.46. The maximum Gasteiger partial charge on any atom is 0.283 e. The van der Waals surface area contributed by atoms with Crippen LogP contribution in [0.1, 0.15) is 0 Å². The molecule has 3 aromatic rings. The molecule has 4 rings (SSSR count). The summed E-state index contributed by atoms with van der Waals surface area (Å²) in [5.74, 6) is -0.498. The van der Waals surface area contributed by atoms with E-state index >= 15 is 0 Å². The molecular weight excluding hydrogens is 491 g/mol. The van der Waals surface area contributed by atoms with E-state index in [1.165, 1.54) is 25.3 Å². The number of benzene rings is 3. The van der Waals surface area contributed by atoms with Crippen molar-refractivity contribution in [3.05, 3.63) is 92.4 Å². The van der Waals surface area contributed by atoms with Crippen molar-refractivity contribution in [1.29, 1.82) is 0 Å². The summed E-state index contributed by atoms with van der Waals surface area (Å²) in [5.41, 5.74) is 0.949. The Morgan fingerprint density at radius 2 is 1.50 bits per heavy atom. The lowest BCUT2D eigenvalue weighted by Crippen LogP contribution is -2.32. The van der Waals surface area contributed by atoms with E-state index in [9.17, 15) is 9.59 Å². The van der Waals surface area contributed by atoms with Crippen molar-refractivity contribution in [2.24, 2.45) is 0 Å². The number of anilines is 2. The van der Waals surface area contributed by atoms with Gasteiger partial charge in [0.1, 0.15) is 16.4 Å². The van der Waals surface area contributed by atoms with Crippen LogP contribution in [0.25, 0.3) is 0 Å². The third kappa shape index (κ3) is 4.59. The fourth-order valence-corrected chi connectivity index (χ4v) is 4.69. The predicted octanol–water partition coefficient (Wildman–Crippen LogP) is 6.64. The zero-order chi connectivity index (χ0) is 22.8. The fourth-order valence-electron chi connectivity index (χ4n) is 3.12. The number of halogens is 3. The first-order valence-electron chi connectivity index (χ1n) is 9.30. The molecule has 3 aromatic carbocycles. The van der Waals surface area contributed by atoms with Crippen LogP contribution in [0.3, 0.4) is 0 Å². The van der Waals surface area contributed by atoms with Crippen molar-refractivity contribution < 1.29 is 14.3 Å². The van der Waals surface area contributed by atoms with Crippen LogP contribution in [-0.2, 0) is 9.59 Å². The number of para-hydroxylation sites is 2. The van der Waals surface area contributed by atoms with Gasteiger partial charge < -0.3 is 10.1 Å². The molecule has 9 heteroatoms. The summed E-state index contributed by atoms with van der Waals surface area (Å²) in [6.45, 7) is 0. The highest BCUT2D eigenvalue weighted by Gasteiger charge is 2.40. The summed E-state index contributed by atoms with van der Waals surface area (Å²) in [6.07, 6.45) is 0. The molecule has 0 unspecified atom stereocenters. The minimum atomic E-state index is -0.532. The molecule has 0 saturated carbocycles.